The molecule has 2 aromatic rings. The Kier molecular flexibility index (Phi) is 3.31. The minimum atomic E-state index is -0.578. The number of nitrogens with zero attached hydrogens (tertiary/aromatic N) is 2. The van der Waals surface area contributed by atoms with E-state index in [1.807, 2.05) is 17.3 Å². The van der Waals surface area contributed by atoms with Gasteiger partial charge >= 0.3 is 0 Å². The maximum Gasteiger partial charge on any atom is 0.296 e. The van der Waals surface area contributed by atoms with E-state index in [2.05, 4.69) is 26.2 Å². The molecule has 0 unspecified atom stereocenters. The van der Waals surface area contributed by atoms with Gasteiger partial charge in [-0.15, -0.1) is 11.3 Å². The Hall–Kier alpha value is -1.73. The van der Waals surface area contributed by atoms with Gasteiger partial charge in [0.15, 0.2) is 0 Å². The molecule has 0 spiro atoms. The highest BCUT2D eigenvalue weighted by atomic mass is 79.9. The first kappa shape index (κ1) is 13.3. The molecule has 1 aliphatic rings. The molecule has 0 fully saturated rings. The molecule has 102 valence electrons. The Balaban J connectivity index is 1.93. The maximum absolute atomic E-state index is 11.6. The molecule has 7 heteroatoms. The molecule has 0 radical (unpaired) electrons. The zero-order valence-corrected chi connectivity index (χ0v) is 12.9. The third kappa shape index (κ3) is 2.23. The van der Waals surface area contributed by atoms with Gasteiger partial charge in [0.1, 0.15) is 0 Å². The average molecular weight is 352 g/mol. The standard InChI is InChI=1S/C13H10BrN3O2S/c1-17(4-7-5-20-6-15-7)11-3-10-8(2-9(11)14)12(18)13(19)16-10/h2-3,5-6H,4H2,1H3,(H,16,18,19). The summed E-state index contributed by atoms with van der Waals surface area (Å²) in [5.74, 6) is -1.07. The van der Waals surface area contributed by atoms with Crippen LogP contribution in [-0.4, -0.2) is 23.7 Å². The Bertz CT molecular complexity index is 700. The summed E-state index contributed by atoms with van der Waals surface area (Å²) >= 11 is 5.00. The van der Waals surface area contributed by atoms with Crippen molar-refractivity contribution in [1.82, 2.24) is 4.98 Å². The van der Waals surface area contributed by atoms with E-state index in [0.29, 0.717) is 17.8 Å². The van der Waals surface area contributed by atoms with Crippen LogP contribution in [0.25, 0.3) is 0 Å². The lowest BCUT2D eigenvalue weighted by Crippen LogP contribution is -2.17. The van der Waals surface area contributed by atoms with Crippen molar-refractivity contribution in [1.29, 1.82) is 0 Å². The van der Waals surface area contributed by atoms with Crippen molar-refractivity contribution in [2.75, 3.05) is 17.3 Å². The van der Waals surface area contributed by atoms with E-state index in [1.54, 1.807) is 29.0 Å². The Morgan fingerprint density at radius 3 is 2.90 bits per heavy atom. The number of benzene rings is 1. The zero-order valence-electron chi connectivity index (χ0n) is 10.5. The number of halogens is 1. The van der Waals surface area contributed by atoms with Gasteiger partial charge in [0.25, 0.3) is 11.7 Å². The predicted molar refractivity (Wildman–Crippen MR) is 81.3 cm³/mol. The van der Waals surface area contributed by atoms with Crippen LogP contribution < -0.4 is 10.2 Å². The minimum Gasteiger partial charge on any atom is -0.368 e. The number of amides is 1. The molecule has 1 aromatic heterocycles. The quantitative estimate of drug-likeness (QED) is 0.863. The van der Waals surface area contributed by atoms with Crippen LogP contribution in [0, 0.1) is 0 Å². The molecule has 20 heavy (non-hydrogen) atoms. The number of fused-ring (bicyclic) bond motifs is 1. The molecule has 2 heterocycles. The number of anilines is 2. The molecular formula is C13H10BrN3O2S. The third-order valence-corrected chi connectivity index (χ3v) is 4.35. The summed E-state index contributed by atoms with van der Waals surface area (Å²) in [6.07, 6.45) is 0. The number of thiazole rings is 1. The van der Waals surface area contributed by atoms with Gasteiger partial charge < -0.3 is 10.2 Å². The van der Waals surface area contributed by atoms with Gasteiger partial charge in [-0.3, -0.25) is 9.59 Å². The summed E-state index contributed by atoms with van der Waals surface area (Å²) in [6.45, 7) is 0.656. The first-order valence-electron chi connectivity index (χ1n) is 5.83. The first-order chi connectivity index (χ1) is 9.56. The van der Waals surface area contributed by atoms with Gasteiger partial charge in [-0.05, 0) is 28.1 Å². The van der Waals surface area contributed by atoms with Crippen LogP contribution in [0.4, 0.5) is 11.4 Å². The van der Waals surface area contributed by atoms with Gasteiger partial charge in [-0.2, -0.15) is 0 Å². The topological polar surface area (TPSA) is 62.3 Å². The lowest BCUT2D eigenvalue weighted by molar-refractivity contribution is -0.112. The van der Waals surface area contributed by atoms with Crippen molar-refractivity contribution >= 4 is 50.3 Å². The van der Waals surface area contributed by atoms with E-state index in [1.165, 1.54) is 0 Å². The van der Waals surface area contributed by atoms with Gasteiger partial charge in [-0.25, -0.2) is 4.98 Å². The van der Waals surface area contributed by atoms with Crippen LogP contribution in [0.15, 0.2) is 27.5 Å². The van der Waals surface area contributed by atoms with Crippen molar-refractivity contribution in [3.8, 4) is 0 Å². The molecule has 0 saturated carbocycles. The van der Waals surface area contributed by atoms with E-state index in [0.717, 1.165) is 15.9 Å². The fraction of sp³-hybridized carbons (Fsp3) is 0.154. The van der Waals surface area contributed by atoms with Crippen LogP contribution >= 0.6 is 27.3 Å². The van der Waals surface area contributed by atoms with Gasteiger partial charge in [0.2, 0.25) is 0 Å². The summed E-state index contributed by atoms with van der Waals surface area (Å²) in [6, 6.07) is 3.48. The van der Waals surface area contributed by atoms with Crippen LogP contribution in [0.3, 0.4) is 0 Å². The van der Waals surface area contributed by atoms with Gasteiger partial charge in [0, 0.05) is 16.9 Å². The Labute approximate surface area is 127 Å². The molecule has 1 amide bonds. The second kappa shape index (κ2) is 4.99. The number of carbonyl (C=O) groups excluding carboxylic acids is 2. The number of ketones is 1. The molecule has 0 atom stereocenters. The lowest BCUT2D eigenvalue weighted by Gasteiger charge is -2.20. The summed E-state index contributed by atoms with van der Waals surface area (Å²) in [7, 11) is 1.93. The fourth-order valence-electron chi connectivity index (χ4n) is 2.09. The second-order valence-corrected chi connectivity index (χ2v) is 6.04. The van der Waals surface area contributed by atoms with Crippen molar-refractivity contribution < 1.29 is 9.59 Å². The lowest BCUT2D eigenvalue weighted by atomic mass is 10.1. The SMILES string of the molecule is CN(Cc1cscn1)c1cc2c(cc1Br)C(=O)C(=O)N2. The smallest absolute Gasteiger partial charge is 0.296 e. The summed E-state index contributed by atoms with van der Waals surface area (Å²) in [5, 5.41) is 4.57. The molecule has 3 rings (SSSR count). The Morgan fingerprint density at radius 2 is 2.20 bits per heavy atom. The van der Waals surface area contributed by atoms with E-state index in [-0.39, 0.29) is 0 Å². The first-order valence-corrected chi connectivity index (χ1v) is 7.57. The van der Waals surface area contributed by atoms with Crippen molar-refractivity contribution in [3.63, 3.8) is 0 Å². The van der Waals surface area contributed by atoms with E-state index >= 15 is 0 Å². The monoisotopic (exact) mass is 351 g/mol. The summed E-state index contributed by atoms with van der Waals surface area (Å²) in [4.78, 5) is 29.3. The Morgan fingerprint density at radius 1 is 1.40 bits per heavy atom. The number of Topliss-reactive ketones (excluding diaryl/α,β-unsaturated/α-hetero) is 1. The highest BCUT2D eigenvalue weighted by Gasteiger charge is 2.29. The largest absolute Gasteiger partial charge is 0.368 e. The van der Waals surface area contributed by atoms with E-state index < -0.39 is 11.7 Å². The molecular weight excluding hydrogens is 342 g/mol. The average Bonchev–Trinajstić information content (AvgIpc) is 3.00. The number of hydrogen-bond acceptors (Lipinski definition) is 5. The summed E-state index contributed by atoms with van der Waals surface area (Å²) in [5.41, 5.74) is 4.63. The number of aromatic nitrogens is 1. The maximum atomic E-state index is 11.6. The highest BCUT2D eigenvalue weighted by Crippen LogP contribution is 2.35. The van der Waals surface area contributed by atoms with Crippen molar-refractivity contribution in [2.24, 2.45) is 0 Å². The van der Waals surface area contributed by atoms with Crippen LogP contribution in [0.5, 0.6) is 0 Å². The number of hydrogen-bond donors (Lipinski definition) is 1. The van der Waals surface area contributed by atoms with Gasteiger partial charge in [0.05, 0.1) is 34.7 Å². The third-order valence-electron chi connectivity index (χ3n) is 3.08. The molecule has 0 bridgehead atoms. The number of nitrogens with one attached hydrogen (secondary N) is 1. The molecule has 5 nitrogen and oxygen atoms in total. The molecule has 1 N–H and O–H groups in total. The van der Waals surface area contributed by atoms with E-state index in [9.17, 15) is 9.59 Å². The highest BCUT2D eigenvalue weighted by molar-refractivity contribution is 9.10. The van der Waals surface area contributed by atoms with Crippen LogP contribution in [-0.2, 0) is 11.3 Å². The van der Waals surface area contributed by atoms with Crippen molar-refractivity contribution in [2.45, 2.75) is 6.54 Å². The second-order valence-electron chi connectivity index (χ2n) is 4.47. The predicted octanol–water partition coefficient (Wildman–Crippen LogP) is 2.68. The number of carbonyl (C=O) groups is 2. The molecule has 0 aliphatic carbocycles. The normalized spacial score (nSPS) is 13.3. The van der Waals surface area contributed by atoms with Crippen LogP contribution in [0.2, 0.25) is 0 Å². The molecule has 0 saturated heterocycles. The zero-order chi connectivity index (χ0) is 14.3. The molecule has 1 aliphatic heterocycles. The molecule has 1 aromatic carbocycles. The number of rotatable bonds is 3. The summed E-state index contributed by atoms with van der Waals surface area (Å²) < 4.78 is 0.777. The van der Waals surface area contributed by atoms with Crippen molar-refractivity contribution in [3.05, 3.63) is 38.8 Å². The van der Waals surface area contributed by atoms with E-state index in [4.69, 9.17) is 0 Å². The minimum absolute atomic E-state index is 0.410. The van der Waals surface area contributed by atoms with Crippen LogP contribution in [0.1, 0.15) is 16.1 Å². The van der Waals surface area contributed by atoms with Gasteiger partial charge in [-0.1, -0.05) is 0 Å². The fourth-order valence-corrected chi connectivity index (χ4v) is 3.29.